The molecule has 1 fully saturated rings. The van der Waals surface area contributed by atoms with Gasteiger partial charge in [-0.05, 0) is 35.4 Å². The highest BCUT2D eigenvalue weighted by molar-refractivity contribution is 6.15. The lowest BCUT2D eigenvalue weighted by Crippen LogP contribution is -2.40. The minimum atomic E-state index is -0.0540. The molecule has 1 saturated heterocycles. The molecule has 0 unspecified atom stereocenters. The maximum atomic E-state index is 13.6. The van der Waals surface area contributed by atoms with Gasteiger partial charge in [0.25, 0.3) is 0 Å². The number of hydrogen-bond acceptors (Lipinski definition) is 6. The van der Waals surface area contributed by atoms with Crippen LogP contribution in [-0.4, -0.2) is 82.0 Å². The van der Waals surface area contributed by atoms with Crippen molar-refractivity contribution < 1.29 is 9.59 Å². The second-order valence-corrected chi connectivity index (χ2v) is 8.90. The fourth-order valence-electron chi connectivity index (χ4n) is 3.88. The van der Waals surface area contributed by atoms with Crippen LogP contribution in [0.4, 0.5) is 11.4 Å². The number of Topliss-reactive ketones (excluding diaryl/α,β-unsaturated/α-hetero) is 1. The van der Waals surface area contributed by atoms with Crippen LogP contribution in [0.3, 0.4) is 0 Å². The molecule has 0 radical (unpaired) electrons. The minimum Gasteiger partial charge on any atom is -0.334 e. The van der Waals surface area contributed by atoms with Gasteiger partial charge in [0, 0.05) is 73.4 Å². The average Bonchev–Trinajstić information content (AvgIpc) is 2.81. The summed E-state index contributed by atoms with van der Waals surface area (Å²) in [5, 5.41) is 8.00. The van der Waals surface area contributed by atoms with Crippen molar-refractivity contribution in [3.63, 3.8) is 0 Å². The molecule has 34 heavy (non-hydrogen) atoms. The number of anilines is 2. The van der Waals surface area contributed by atoms with Crippen molar-refractivity contribution in [3.8, 4) is 0 Å². The van der Waals surface area contributed by atoms with Gasteiger partial charge in [-0.3, -0.25) is 9.59 Å². The number of ketones is 1. The quantitative estimate of drug-likeness (QED) is 0.486. The fraction of sp³-hybridized carbons (Fsp3) is 0.333. The van der Waals surface area contributed by atoms with Crippen LogP contribution >= 0.6 is 0 Å². The minimum absolute atomic E-state index is 0.0258. The van der Waals surface area contributed by atoms with Crippen LogP contribution in [-0.2, 0) is 9.59 Å². The topological polar surface area (TPSA) is 50.3 Å². The number of carbonyl (C=O) groups excluding carboxylic acids is 2. The predicted molar refractivity (Wildman–Crippen MR) is 140 cm³/mol. The zero-order valence-electron chi connectivity index (χ0n) is 21.2. The van der Waals surface area contributed by atoms with Gasteiger partial charge in [0.1, 0.15) is 0 Å². The summed E-state index contributed by atoms with van der Waals surface area (Å²) in [6.45, 7) is 2.14. The number of likely N-dealkylation sites (tertiary alicyclic amines) is 1. The summed E-state index contributed by atoms with van der Waals surface area (Å²) in [6, 6.07) is 15.9. The highest BCUT2D eigenvalue weighted by atomic mass is 16.2. The van der Waals surface area contributed by atoms with Crippen LogP contribution in [0.5, 0.6) is 0 Å². The van der Waals surface area contributed by atoms with E-state index in [1.54, 1.807) is 11.8 Å². The van der Waals surface area contributed by atoms with E-state index in [1.165, 1.54) is 0 Å². The van der Waals surface area contributed by atoms with E-state index >= 15 is 0 Å². The molecule has 0 spiro atoms. The molecular formula is C27H35N5O2. The first-order chi connectivity index (χ1) is 16.1. The second kappa shape index (κ2) is 10.7. The van der Waals surface area contributed by atoms with Crippen molar-refractivity contribution >= 4 is 35.2 Å². The summed E-state index contributed by atoms with van der Waals surface area (Å²) in [6.07, 6.45) is 3.83. The Morgan fingerprint density at radius 1 is 0.735 bits per heavy atom. The molecule has 1 aliphatic heterocycles. The Morgan fingerprint density at radius 3 is 1.47 bits per heavy atom. The largest absolute Gasteiger partial charge is 0.334 e. The predicted octanol–water partition coefficient (Wildman–Crippen LogP) is 3.41. The Balaban J connectivity index is 2.08. The Hall–Kier alpha value is -3.42. The molecule has 0 atom stereocenters. The number of amides is 1. The number of hydrogen-bond donors (Lipinski definition) is 0. The van der Waals surface area contributed by atoms with E-state index in [9.17, 15) is 9.59 Å². The zero-order chi connectivity index (χ0) is 25.0. The smallest absolute Gasteiger partial charge is 0.220 e. The summed E-state index contributed by atoms with van der Waals surface area (Å²) in [5.74, 6) is -0.0798. The molecule has 1 heterocycles. The Bertz CT molecular complexity index is 1040. The summed E-state index contributed by atoms with van der Waals surface area (Å²) in [5.41, 5.74) is 5.03. The lowest BCUT2D eigenvalue weighted by molar-refractivity contribution is -0.129. The maximum absolute atomic E-state index is 13.6. The van der Waals surface area contributed by atoms with Gasteiger partial charge in [-0.15, -0.1) is 0 Å². The Kier molecular flexibility index (Phi) is 7.91. The fourth-order valence-corrected chi connectivity index (χ4v) is 3.88. The van der Waals surface area contributed by atoms with Crippen molar-refractivity contribution in [2.45, 2.75) is 6.92 Å². The summed E-state index contributed by atoms with van der Waals surface area (Å²) < 4.78 is 0. The standard InChI is InChI=1S/C27H35N5O2/c1-20(33)32-18-23(16-21-12-8-10-14-25(21)30(6)28(2)3)27(34)24(19-32)17-22-13-9-11-15-26(22)31(7)29(4)5/h8-17H,18-19H2,1-7H3. The maximum Gasteiger partial charge on any atom is 0.220 e. The van der Waals surface area contributed by atoms with Gasteiger partial charge in [-0.1, -0.05) is 36.4 Å². The number of rotatable bonds is 6. The van der Waals surface area contributed by atoms with Crippen molar-refractivity contribution in [3.05, 3.63) is 70.8 Å². The van der Waals surface area contributed by atoms with Gasteiger partial charge in [0.15, 0.2) is 5.78 Å². The van der Waals surface area contributed by atoms with Gasteiger partial charge < -0.3 is 14.9 Å². The lowest BCUT2D eigenvalue weighted by Gasteiger charge is -2.31. The molecule has 0 saturated carbocycles. The molecule has 180 valence electrons. The van der Waals surface area contributed by atoms with Crippen molar-refractivity contribution in [1.29, 1.82) is 0 Å². The van der Waals surface area contributed by atoms with E-state index < -0.39 is 0 Å². The van der Waals surface area contributed by atoms with Crippen LogP contribution in [0.2, 0.25) is 0 Å². The molecule has 3 rings (SSSR count). The van der Waals surface area contributed by atoms with Crippen molar-refractivity contribution in [2.24, 2.45) is 0 Å². The van der Waals surface area contributed by atoms with Crippen LogP contribution in [0.25, 0.3) is 12.2 Å². The molecule has 2 aromatic carbocycles. The third-order valence-electron chi connectivity index (χ3n) is 6.18. The molecule has 2 aromatic rings. The SMILES string of the molecule is CC(=O)N1CC(=Cc2ccccc2N(C)N(C)C)C(=O)C(=Cc2ccccc2N(C)N(C)C)C1. The third-order valence-corrected chi connectivity index (χ3v) is 6.18. The van der Waals surface area contributed by atoms with E-state index in [0.717, 1.165) is 22.5 Å². The monoisotopic (exact) mass is 461 g/mol. The first kappa shape index (κ1) is 25.2. The molecule has 0 N–H and O–H groups in total. The van der Waals surface area contributed by atoms with Gasteiger partial charge in [-0.2, -0.15) is 0 Å². The number of piperidine rings is 1. The third kappa shape index (κ3) is 5.55. The molecule has 7 nitrogen and oxygen atoms in total. The van der Waals surface area contributed by atoms with E-state index in [1.807, 2.05) is 123 Å². The van der Waals surface area contributed by atoms with Gasteiger partial charge in [0.05, 0.1) is 11.4 Å². The first-order valence-electron chi connectivity index (χ1n) is 11.3. The van der Waals surface area contributed by atoms with Crippen LogP contribution in [0, 0.1) is 0 Å². The summed E-state index contributed by atoms with van der Waals surface area (Å²) in [7, 11) is 11.8. The zero-order valence-corrected chi connectivity index (χ0v) is 21.2. The van der Waals surface area contributed by atoms with E-state index in [0.29, 0.717) is 24.2 Å². The van der Waals surface area contributed by atoms with E-state index in [2.05, 4.69) is 0 Å². The van der Waals surface area contributed by atoms with E-state index in [4.69, 9.17) is 0 Å². The normalized spacial score (nSPS) is 16.6. The molecular weight excluding hydrogens is 426 g/mol. The molecule has 0 aromatic heterocycles. The average molecular weight is 462 g/mol. The summed E-state index contributed by atoms with van der Waals surface area (Å²) in [4.78, 5) is 27.7. The highest BCUT2D eigenvalue weighted by Crippen LogP contribution is 2.28. The number of nitrogens with zero attached hydrogens (tertiary/aromatic N) is 5. The molecule has 1 aliphatic rings. The molecule has 0 bridgehead atoms. The second-order valence-electron chi connectivity index (χ2n) is 8.90. The van der Waals surface area contributed by atoms with Gasteiger partial charge >= 0.3 is 0 Å². The van der Waals surface area contributed by atoms with Gasteiger partial charge in [-0.25, -0.2) is 10.0 Å². The van der Waals surface area contributed by atoms with Crippen LogP contribution < -0.4 is 10.0 Å². The lowest BCUT2D eigenvalue weighted by atomic mass is 9.93. The number of para-hydroxylation sites is 2. The van der Waals surface area contributed by atoms with Crippen molar-refractivity contribution in [2.75, 3.05) is 65.4 Å². The summed E-state index contributed by atoms with van der Waals surface area (Å²) >= 11 is 0. The number of benzene rings is 2. The van der Waals surface area contributed by atoms with Gasteiger partial charge in [0.2, 0.25) is 5.91 Å². The Labute approximate surface area is 203 Å². The highest BCUT2D eigenvalue weighted by Gasteiger charge is 2.28. The molecule has 1 amide bonds. The molecule has 7 heteroatoms. The van der Waals surface area contributed by atoms with Crippen LogP contribution in [0.15, 0.2) is 59.7 Å². The molecule has 0 aliphatic carbocycles. The van der Waals surface area contributed by atoms with Crippen LogP contribution in [0.1, 0.15) is 18.1 Å². The van der Waals surface area contributed by atoms with Crippen molar-refractivity contribution in [1.82, 2.24) is 14.9 Å². The first-order valence-corrected chi connectivity index (χ1v) is 11.3. The van der Waals surface area contributed by atoms with E-state index in [-0.39, 0.29) is 11.7 Å². The number of carbonyl (C=O) groups is 2. The Morgan fingerprint density at radius 2 is 1.12 bits per heavy atom. The number of hydrazine groups is 2.